The second kappa shape index (κ2) is 14.3. The number of carbonyl (C=O) groups excluding carboxylic acids is 1. The van der Waals surface area contributed by atoms with E-state index in [1.54, 1.807) is 44.0 Å². The first-order valence-corrected chi connectivity index (χ1v) is 14.8. The standard InChI is InChI=1S/C24H36ClFN5O8P/c1-7-8-9-17(39-40(25,36)29-16(3)21(34)37-6)15(2)12-30(5)14-27-19-10-11-31(23(35)28-19)22-24(4,26)20(33)18(13-32)38-22/h7-11,14-16,18,20,22,32-33H,12-13H2,1-6H3,(H,29,36)/b8-7-,17-9+,27-14+/t15?,16-,18+,20+,22+,24+,40?/m0/s1. The fraction of sp³-hybridized carbons (Fsp3) is 0.583. The van der Waals surface area contributed by atoms with Crippen LogP contribution >= 0.6 is 18.1 Å². The number of nitrogens with zero attached hydrogens (tertiary/aromatic N) is 4. The smallest absolute Gasteiger partial charge is 0.409 e. The van der Waals surface area contributed by atoms with Crippen molar-refractivity contribution in [3.05, 3.63) is 46.7 Å². The van der Waals surface area contributed by atoms with Gasteiger partial charge in [0.25, 0.3) is 0 Å². The Balaban J connectivity index is 2.11. The van der Waals surface area contributed by atoms with Gasteiger partial charge in [-0.05, 0) is 32.9 Å². The SMILES string of the molecule is C/C=C\C=C(\OP(=O)(Cl)N[C@@H](C)C(=O)OC)C(C)CN(C)/C=N/c1ccn([C@@H]2O[C@H](CO)[C@@H](O)[C@@]2(C)F)c(=O)n1. The van der Waals surface area contributed by atoms with E-state index >= 15 is 4.39 Å². The van der Waals surface area contributed by atoms with Gasteiger partial charge in [-0.2, -0.15) is 4.98 Å². The lowest BCUT2D eigenvalue weighted by atomic mass is 9.98. The number of aliphatic hydroxyl groups is 2. The molecule has 1 aromatic heterocycles. The zero-order valence-electron chi connectivity index (χ0n) is 23.1. The molecule has 1 aliphatic heterocycles. The number of alkyl halides is 1. The van der Waals surface area contributed by atoms with Crippen LogP contribution in [0.4, 0.5) is 10.2 Å². The largest absolute Gasteiger partial charge is 0.468 e. The summed E-state index contributed by atoms with van der Waals surface area (Å²) in [4.78, 5) is 33.9. The Morgan fingerprint density at radius 3 is 2.73 bits per heavy atom. The predicted octanol–water partition coefficient (Wildman–Crippen LogP) is 2.42. The Hall–Kier alpha value is -2.61. The summed E-state index contributed by atoms with van der Waals surface area (Å²) in [5.74, 6) is -0.708. The van der Waals surface area contributed by atoms with Crippen molar-refractivity contribution < 1.29 is 38.0 Å². The monoisotopic (exact) mass is 607 g/mol. The fourth-order valence-corrected chi connectivity index (χ4v) is 5.65. The molecular formula is C24H36ClFN5O8P. The number of ether oxygens (including phenoxy) is 2. The Morgan fingerprint density at radius 1 is 1.50 bits per heavy atom. The maximum absolute atomic E-state index is 15.0. The highest BCUT2D eigenvalue weighted by molar-refractivity contribution is 7.83. The third kappa shape index (κ3) is 8.69. The summed E-state index contributed by atoms with van der Waals surface area (Å²) < 4.78 is 44.2. The highest BCUT2D eigenvalue weighted by Crippen LogP contribution is 2.51. The van der Waals surface area contributed by atoms with Gasteiger partial charge in [-0.1, -0.05) is 19.1 Å². The molecule has 0 spiro atoms. The van der Waals surface area contributed by atoms with Gasteiger partial charge in [0.05, 0.1) is 20.1 Å². The molecule has 16 heteroatoms. The van der Waals surface area contributed by atoms with Crippen LogP contribution in [0.25, 0.3) is 0 Å². The molecule has 1 saturated heterocycles. The number of carbonyl (C=O) groups is 1. The summed E-state index contributed by atoms with van der Waals surface area (Å²) in [5.41, 5.74) is -3.19. The Kier molecular flexibility index (Phi) is 12.0. The molecule has 0 amide bonds. The molecule has 0 saturated carbocycles. The number of methoxy groups -OCH3 is 1. The van der Waals surface area contributed by atoms with Gasteiger partial charge in [0.1, 0.15) is 24.0 Å². The maximum atomic E-state index is 15.0. The summed E-state index contributed by atoms with van der Waals surface area (Å²) in [6.45, 7) is 1.83. The highest BCUT2D eigenvalue weighted by atomic mass is 35.7. The number of esters is 1. The first-order chi connectivity index (χ1) is 18.7. The lowest BCUT2D eigenvalue weighted by Crippen LogP contribution is -2.42. The number of aliphatic imine (C=N–C) groups is 1. The van der Waals surface area contributed by atoms with Crippen molar-refractivity contribution in [2.24, 2.45) is 10.9 Å². The first kappa shape index (κ1) is 33.6. The number of aliphatic hydroxyl groups excluding tert-OH is 2. The van der Waals surface area contributed by atoms with Gasteiger partial charge in [0.2, 0.25) is 0 Å². The Bertz CT molecular complexity index is 1230. The second-order valence-electron chi connectivity index (χ2n) is 9.41. The van der Waals surface area contributed by atoms with Crippen LogP contribution in [-0.4, -0.2) is 88.2 Å². The van der Waals surface area contributed by atoms with Gasteiger partial charge in [0.15, 0.2) is 17.7 Å². The van der Waals surface area contributed by atoms with Crippen molar-refractivity contribution in [1.82, 2.24) is 19.5 Å². The molecule has 2 heterocycles. The van der Waals surface area contributed by atoms with Gasteiger partial charge < -0.3 is 29.1 Å². The highest BCUT2D eigenvalue weighted by Gasteiger charge is 2.55. The van der Waals surface area contributed by atoms with Crippen LogP contribution in [0, 0.1) is 5.92 Å². The van der Waals surface area contributed by atoms with Crippen LogP contribution in [0.1, 0.15) is 33.9 Å². The fourth-order valence-electron chi connectivity index (χ4n) is 3.84. The average molecular weight is 608 g/mol. The molecule has 0 radical (unpaired) electrons. The van der Waals surface area contributed by atoms with Crippen molar-refractivity contribution in [3.8, 4) is 0 Å². The van der Waals surface area contributed by atoms with Crippen molar-refractivity contribution in [1.29, 1.82) is 0 Å². The summed E-state index contributed by atoms with van der Waals surface area (Å²) >= 11 is 6.06. The van der Waals surface area contributed by atoms with Crippen LogP contribution in [0.3, 0.4) is 0 Å². The number of hydrogen-bond acceptors (Lipinski definition) is 10. The molecule has 1 aliphatic rings. The number of rotatable bonds is 13. The first-order valence-electron chi connectivity index (χ1n) is 12.3. The number of nitrogens with one attached hydrogen (secondary N) is 1. The van der Waals surface area contributed by atoms with Crippen LogP contribution in [0.15, 0.2) is 46.0 Å². The van der Waals surface area contributed by atoms with E-state index in [-0.39, 0.29) is 17.5 Å². The minimum Gasteiger partial charge on any atom is -0.468 e. The van der Waals surface area contributed by atoms with E-state index in [2.05, 4.69) is 19.8 Å². The Labute approximate surface area is 236 Å². The maximum Gasteiger partial charge on any atom is 0.409 e. The average Bonchev–Trinajstić information content (AvgIpc) is 3.12. The van der Waals surface area contributed by atoms with Gasteiger partial charge in [-0.15, -0.1) is 0 Å². The number of hydrogen-bond donors (Lipinski definition) is 3. The van der Waals surface area contributed by atoms with Crippen LogP contribution < -0.4 is 10.8 Å². The van der Waals surface area contributed by atoms with Gasteiger partial charge in [-0.25, -0.2) is 23.8 Å². The lowest BCUT2D eigenvalue weighted by Gasteiger charge is -2.25. The molecule has 2 rings (SSSR count). The Morgan fingerprint density at radius 2 is 2.17 bits per heavy atom. The van der Waals surface area contributed by atoms with Crippen molar-refractivity contribution in [2.75, 3.05) is 27.3 Å². The lowest BCUT2D eigenvalue weighted by molar-refractivity contribution is -0.142. The number of allylic oxidation sites excluding steroid dienone is 3. The van der Waals surface area contributed by atoms with E-state index in [1.807, 2.05) is 0 Å². The number of halogens is 2. The van der Waals surface area contributed by atoms with E-state index in [0.29, 0.717) is 6.54 Å². The summed E-state index contributed by atoms with van der Waals surface area (Å²) in [5, 5.41) is 21.8. The minimum atomic E-state index is -3.96. The van der Waals surface area contributed by atoms with E-state index in [1.165, 1.54) is 32.6 Å². The van der Waals surface area contributed by atoms with Gasteiger partial charge >= 0.3 is 18.5 Å². The van der Waals surface area contributed by atoms with Crippen LogP contribution in [-0.2, 0) is 23.4 Å². The van der Waals surface area contributed by atoms with E-state index in [9.17, 15) is 24.4 Å². The molecule has 7 atom stereocenters. The van der Waals surface area contributed by atoms with Crippen LogP contribution in [0.2, 0.25) is 0 Å². The molecule has 0 aromatic carbocycles. The minimum absolute atomic E-state index is 0.0331. The molecule has 224 valence electrons. The third-order valence-corrected chi connectivity index (χ3v) is 7.62. The van der Waals surface area contributed by atoms with E-state index in [4.69, 9.17) is 20.5 Å². The molecule has 3 N–H and O–H groups in total. The third-order valence-electron chi connectivity index (χ3n) is 5.98. The number of aromatic nitrogens is 2. The van der Waals surface area contributed by atoms with E-state index < -0.39 is 55.3 Å². The molecule has 40 heavy (non-hydrogen) atoms. The molecule has 0 aliphatic carbocycles. The second-order valence-corrected chi connectivity index (χ2v) is 12.1. The van der Waals surface area contributed by atoms with Gasteiger partial charge in [-0.3, -0.25) is 9.36 Å². The summed E-state index contributed by atoms with van der Waals surface area (Å²) in [6.07, 6.45) is 3.37. The summed E-state index contributed by atoms with van der Waals surface area (Å²) in [6, 6.07) is 0.399. The molecule has 0 bridgehead atoms. The van der Waals surface area contributed by atoms with Gasteiger partial charge in [0, 0.05) is 36.9 Å². The normalized spacial score (nSPS) is 26.6. The van der Waals surface area contributed by atoms with Crippen molar-refractivity contribution in [3.63, 3.8) is 0 Å². The topological polar surface area (TPSA) is 165 Å². The molecule has 13 nitrogen and oxygen atoms in total. The molecule has 2 unspecified atom stereocenters. The predicted molar refractivity (Wildman–Crippen MR) is 147 cm³/mol. The molecule has 1 aromatic rings. The zero-order chi connectivity index (χ0) is 30.3. The van der Waals surface area contributed by atoms with Crippen LogP contribution in [0.5, 0.6) is 0 Å². The quantitative estimate of drug-likeness (QED) is 0.0753. The molecular weight excluding hydrogens is 572 g/mol. The molecule has 1 fully saturated rings. The summed E-state index contributed by atoms with van der Waals surface area (Å²) in [7, 11) is 2.89. The van der Waals surface area contributed by atoms with E-state index in [0.717, 1.165) is 11.5 Å². The zero-order valence-corrected chi connectivity index (χ0v) is 24.8. The van der Waals surface area contributed by atoms with Crippen molar-refractivity contribution in [2.45, 2.75) is 57.8 Å². The van der Waals surface area contributed by atoms with Crippen molar-refractivity contribution >= 4 is 36.2 Å².